The number of carboxylic acid groups (broad SMARTS) is 1. The molecule has 0 rings (SSSR count). The van der Waals surface area contributed by atoms with Gasteiger partial charge in [-0.25, -0.2) is 0 Å². The molecule has 164 valence electrons. The van der Waals surface area contributed by atoms with Crippen LogP contribution in [0.1, 0.15) is 142 Å². The van der Waals surface area contributed by atoms with Crippen molar-refractivity contribution in [3.8, 4) is 0 Å². The number of carbonyl (C=O) groups is 1. The highest BCUT2D eigenvalue weighted by molar-refractivity contribution is 6.92. The number of unbranched alkanes of at least 4 members (excludes halogenated alkanes) is 16. The maximum Gasteiger partial charge on any atom is 0.306 e. The van der Waals surface area contributed by atoms with Crippen LogP contribution in [0.2, 0.25) is 0 Å². The second-order valence-electron chi connectivity index (χ2n) is 8.27. The van der Waals surface area contributed by atoms with E-state index in [9.17, 15) is 9.90 Å². The molecular formula is C24H51O2P. The minimum atomic E-state index is -0.568. The van der Waals surface area contributed by atoms with Gasteiger partial charge in [-0.05, 0) is 12.8 Å². The molecule has 0 aromatic carbocycles. The summed E-state index contributed by atoms with van der Waals surface area (Å²) in [6.07, 6.45) is 25.4. The van der Waals surface area contributed by atoms with E-state index in [0.717, 1.165) is 25.7 Å². The van der Waals surface area contributed by atoms with Crippen molar-refractivity contribution in [3.05, 3.63) is 0 Å². The molecule has 2 unspecified atom stereocenters. The second-order valence-corrected chi connectivity index (χ2v) is 8.27. The summed E-state index contributed by atoms with van der Waals surface area (Å²) in [5, 5.41) is 9.39. The second kappa shape index (κ2) is 23.9. The zero-order chi connectivity index (χ0) is 19.3. The van der Waals surface area contributed by atoms with Crippen molar-refractivity contribution in [3.63, 3.8) is 0 Å². The monoisotopic (exact) mass is 402 g/mol. The van der Waals surface area contributed by atoms with Gasteiger partial charge in [0.05, 0.1) is 5.92 Å². The lowest BCUT2D eigenvalue weighted by molar-refractivity contribution is -0.142. The molecule has 0 bridgehead atoms. The van der Waals surface area contributed by atoms with Crippen LogP contribution in [-0.4, -0.2) is 11.1 Å². The lowest BCUT2D eigenvalue weighted by Crippen LogP contribution is -2.13. The van der Waals surface area contributed by atoms with Gasteiger partial charge in [-0.15, -0.1) is 0 Å². The van der Waals surface area contributed by atoms with E-state index in [0.29, 0.717) is 0 Å². The maximum absolute atomic E-state index is 11.4. The molecule has 0 saturated carbocycles. The number of aliphatic carboxylic acids is 1. The van der Waals surface area contributed by atoms with Crippen LogP contribution in [0.5, 0.6) is 0 Å². The minimum absolute atomic E-state index is 0. The van der Waals surface area contributed by atoms with Crippen LogP contribution in [0.3, 0.4) is 0 Å². The molecule has 0 heterocycles. The summed E-state index contributed by atoms with van der Waals surface area (Å²) in [6.45, 7) is 4.50. The largest absolute Gasteiger partial charge is 0.481 e. The van der Waals surface area contributed by atoms with Gasteiger partial charge in [0.2, 0.25) is 0 Å². The Morgan fingerprint density at radius 3 is 1.07 bits per heavy atom. The zero-order valence-corrected chi connectivity index (χ0v) is 20.2. The number of hydrogen-bond donors (Lipinski definition) is 1. The van der Waals surface area contributed by atoms with Crippen LogP contribution in [0.4, 0.5) is 0 Å². The van der Waals surface area contributed by atoms with Crippen molar-refractivity contribution >= 4 is 15.9 Å². The van der Waals surface area contributed by atoms with E-state index in [-0.39, 0.29) is 15.8 Å². The highest BCUT2D eigenvalue weighted by Gasteiger charge is 2.16. The van der Waals surface area contributed by atoms with Crippen LogP contribution in [0.25, 0.3) is 0 Å². The van der Waals surface area contributed by atoms with Gasteiger partial charge in [0.1, 0.15) is 0 Å². The third kappa shape index (κ3) is 22.1. The lowest BCUT2D eigenvalue weighted by atomic mass is 9.94. The first-order valence-corrected chi connectivity index (χ1v) is 11.9. The summed E-state index contributed by atoms with van der Waals surface area (Å²) in [5.41, 5.74) is 0. The van der Waals surface area contributed by atoms with Gasteiger partial charge in [0.25, 0.3) is 0 Å². The van der Waals surface area contributed by atoms with Crippen LogP contribution < -0.4 is 0 Å². The number of rotatable bonds is 21. The summed E-state index contributed by atoms with van der Waals surface area (Å²) in [5.74, 6) is -0.661. The van der Waals surface area contributed by atoms with Crippen LogP contribution in [-0.2, 0) is 4.79 Å². The van der Waals surface area contributed by atoms with Crippen molar-refractivity contribution in [2.75, 3.05) is 0 Å². The zero-order valence-electron chi connectivity index (χ0n) is 18.8. The molecule has 0 aliphatic rings. The van der Waals surface area contributed by atoms with Gasteiger partial charge in [0.15, 0.2) is 0 Å². The topological polar surface area (TPSA) is 37.3 Å². The highest BCUT2D eigenvalue weighted by atomic mass is 31.0. The first-order valence-electron chi connectivity index (χ1n) is 11.9. The van der Waals surface area contributed by atoms with E-state index in [1.165, 1.54) is 103 Å². The quantitative estimate of drug-likeness (QED) is 0.154. The van der Waals surface area contributed by atoms with Crippen LogP contribution in [0, 0.1) is 5.92 Å². The predicted molar refractivity (Wildman–Crippen MR) is 126 cm³/mol. The Labute approximate surface area is 174 Å². The molecule has 27 heavy (non-hydrogen) atoms. The molecule has 0 aliphatic carbocycles. The fourth-order valence-corrected chi connectivity index (χ4v) is 3.79. The summed E-state index contributed by atoms with van der Waals surface area (Å²) in [6, 6.07) is 0. The summed E-state index contributed by atoms with van der Waals surface area (Å²) < 4.78 is 0. The van der Waals surface area contributed by atoms with E-state index in [1.54, 1.807) is 0 Å². The predicted octanol–water partition coefficient (Wildman–Crippen LogP) is 8.59. The van der Waals surface area contributed by atoms with Crippen molar-refractivity contribution in [2.24, 2.45) is 5.92 Å². The van der Waals surface area contributed by atoms with Gasteiger partial charge < -0.3 is 5.11 Å². The van der Waals surface area contributed by atoms with Gasteiger partial charge >= 0.3 is 5.97 Å². The molecule has 0 aromatic rings. The number of carboxylic acids is 1. The molecule has 1 N–H and O–H groups in total. The molecule has 0 spiro atoms. The lowest BCUT2D eigenvalue weighted by Gasteiger charge is -2.12. The Morgan fingerprint density at radius 2 is 0.815 bits per heavy atom. The molecule has 2 atom stereocenters. The van der Waals surface area contributed by atoms with Crippen molar-refractivity contribution in [1.29, 1.82) is 0 Å². The normalized spacial score (nSPS) is 11.9. The standard InChI is InChI=1S/C24H48O2.H3P/c1-3-5-7-9-11-12-13-14-15-16-18-20-22-23(24(25)26)21-19-17-10-8-6-4-2;/h23H,3-22H2,1-2H3,(H,25,26);1H3. The van der Waals surface area contributed by atoms with Gasteiger partial charge in [-0.3, -0.25) is 4.79 Å². The molecule has 0 amide bonds. The SMILES string of the molecule is CCCCCCCCCCCCCCC(CCCCCCCC)C(=O)O.P. The third-order valence-electron chi connectivity index (χ3n) is 5.66. The van der Waals surface area contributed by atoms with Gasteiger partial charge in [0, 0.05) is 0 Å². The first-order chi connectivity index (χ1) is 12.7. The highest BCUT2D eigenvalue weighted by Crippen LogP contribution is 2.20. The van der Waals surface area contributed by atoms with Crippen molar-refractivity contribution in [1.82, 2.24) is 0 Å². The smallest absolute Gasteiger partial charge is 0.306 e. The van der Waals surface area contributed by atoms with E-state index in [2.05, 4.69) is 13.8 Å². The molecule has 0 fully saturated rings. The summed E-state index contributed by atoms with van der Waals surface area (Å²) >= 11 is 0. The fraction of sp³-hybridized carbons (Fsp3) is 0.958. The minimum Gasteiger partial charge on any atom is -0.481 e. The number of hydrogen-bond acceptors (Lipinski definition) is 1. The van der Waals surface area contributed by atoms with Gasteiger partial charge in [-0.2, -0.15) is 9.90 Å². The van der Waals surface area contributed by atoms with E-state index in [4.69, 9.17) is 0 Å². The van der Waals surface area contributed by atoms with Crippen LogP contribution >= 0.6 is 9.90 Å². The Kier molecular flexibility index (Phi) is 25.8. The Morgan fingerprint density at radius 1 is 0.556 bits per heavy atom. The maximum atomic E-state index is 11.4. The van der Waals surface area contributed by atoms with E-state index < -0.39 is 5.97 Å². The summed E-state index contributed by atoms with van der Waals surface area (Å²) in [4.78, 5) is 11.4. The fourth-order valence-electron chi connectivity index (χ4n) is 3.79. The molecule has 0 saturated heterocycles. The van der Waals surface area contributed by atoms with Crippen molar-refractivity contribution in [2.45, 2.75) is 142 Å². The summed E-state index contributed by atoms with van der Waals surface area (Å²) in [7, 11) is 0. The third-order valence-corrected chi connectivity index (χ3v) is 5.66. The Bertz CT molecular complexity index is 294. The molecule has 3 heteroatoms. The molecule has 0 aromatic heterocycles. The van der Waals surface area contributed by atoms with E-state index >= 15 is 0 Å². The molecule has 2 nitrogen and oxygen atoms in total. The Balaban J connectivity index is 0. The molecule has 0 aliphatic heterocycles. The van der Waals surface area contributed by atoms with E-state index in [1.807, 2.05) is 0 Å². The van der Waals surface area contributed by atoms with Crippen LogP contribution in [0.15, 0.2) is 0 Å². The average molecular weight is 403 g/mol. The molecule has 0 radical (unpaired) electrons. The molecular weight excluding hydrogens is 351 g/mol. The first kappa shape index (κ1) is 29.1. The van der Waals surface area contributed by atoms with Crippen molar-refractivity contribution < 1.29 is 9.90 Å². The Hall–Kier alpha value is -0.100. The van der Waals surface area contributed by atoms with Gasteiger partial charge in [-0.1, -0.05) is 129 Å². The average Bonchev–Trinajstić information content (AvgIpc) is 2.63.